The second-order valence-corrected chi connectivity index (χ2v) is 9.72. The first-order valence-electron chi connectivity index (χ1n) is 9.02. The van der Waals surface area contributed by atoms with E-state index in [0.717, 1.165) is 23.8 Å². The average Bonchev–Trinajstić information content (AvgIpc) is 2.58. The zero-order valence-corrected chi connectivity index (χ0v) is 20.6. The predicted molar refractivity (Wildman–Crippen MR) is 128 cm³/mol. The summed E-state index contributed by atoms with van der Waals surface area (Å²) in [5, 5.41) is 19.6. The molecule has 0 amide bonds. The molecule has 0 aromatic heterocycles. The molecule has 5 nitrogen and oxygen atoms in total. The van der Waals surface area contributed by atoms with E-state index in [4.69, 9.17) is 15.6 Å². The first-order chi connectivity index (χ1) is 13.0. The molecule has 1 atom stereocenters. The normalized spacial score (nSPS) is 12.5. The number of aromatic hydroxyl groups is 1. The van der Waals surface area contributed by atoms with Crippen LogP contribution >= 0.6 is 45.2 Å². The molecular formula is C21H25I2NO4. The number of halogens is 2. The fourth-order valence-electron chi connectivity index (χ4n) is 2.88. The van der Waals surface area contributed by atoms with Crippen LogP contribution in [0.15, 0.2) is 24.3 Å². The molecule has 2 rings (SSSR count). The van der Waals surface area contributed by atoms with Crippen LogP contribution in [0.1, 0.15) is 56.2 Å². The molecule has 2 aromatic carbocycles. The van der Waals surface area contributed by atoms with Crippen molar-refractivity contribution in [1.82, 2.24) is 0 Å². The molecule has 2 aromatic rings. The van der Waals surface area contributed by atoms with Crippen LogP contribution in [-0.2, 0) is 11.2 Å². The number of nitrogens with two attached hydrogens (primary N) is 1. The highest BCUT2D eigenvalue weighted by Gasteiger charge is 2.19. The standard InChI is InChI=1S/C21H25I2NO4/c1-10(2)14-8-13(9-15(11(3)4)19(14)25)28-20-16(22)5-12(6-17(20)23)7-18(24)21(26)27/h5-6,8-11,18,25H,7,24H2,1-4H3,(H,26,27)/t18-/m0/s1. The molecule has 0 bridgehead atoms. The Balaban J connectivity index is 2.41. The molecule has 0 radical (unpaired) electrons. The zero-order valence-electron chi connectivity index (χ0n) is 16.3. The number of rotatable bonds is 7. The van der Waals surface area contributed by atoms with E-state index in [9.17, 15) is 9.90 Å². The maximum Gasteiger partial charge on any atom is 0.320 e. The Bertz CT molecular complexity index is 829. The number of aliphatic carboxylic acids is 1. The largest absolute Gasteiger partial charge is 0.507 e. The maximum atomic E-state index is 11.0. The number of carboxylic acid groups (broad SMARTS) is 1. The number of benzene rings is 2. The Hall–Kier alpha value is -1.07. The molecule has 0 saturated carbocycles. The van der Waals surface area contributed by atoms with Crippen LogP contribution in [-0.4, -0.2) is 22.2 Å². The Labute approximate surface area is 193 Å². The molecule has 7 heteroatoms. The molecule has 28 heavy (non-hydrogen) atoms. The third kappa shape index (κ3) is 5.50. The quantitative estimate of drug-likeness (QED) is 0.356. The molecule has 0 aliphatic carbocycles. The first-order valence-corrected chi connectivity index (χ1v) is 11.2. The van der Waals surface area contributed by atoms with Gasteiger partial charge in [0.2, 0.25) is 0 Å². The molecule has 152 valence electrons. The van der Waals surface area contributed by atoms with Crippen LogP contribution in [0.4, 0.5) is 0 Å². The van der Waals surface area contributed by atoms with Crippen LogP contribution in [0, 0.1) is 7.14 Å². The summed E-state index contributed by atoms with van der Waals surface area (Å²) in [5.41, 5.74) is 8.22. The molecular weight excluding hydrogens is 584 g/mol. The lowest BCUT2D eigenvalue weighted by atomic mass is 9.93. The molecule has 0 saturated heterocycles. The van der Waals surface area contributed by atoms with Gasteiger partial charge in [-0.15, -0.1) is 0 Å². The Morgan fingerprint density at radius 2 is 1.50 bits per heavy atom. The highest BCUT2D eigenvalue weighted by Crippen LogP contribution is 2.40. The summed E-state index contributed by atoms with van der Waals surface area (Å²) in [6, 6.07) is 6.62. The van der Waals surface area contributed by atoms with Gasteiger partial charge >= 0.3 is 5.97 Å². The van der Waals surface area contributed by atoms with Crippen LogP contribution in [0.25, 0.3) is 0 Å². The lowest BCUT2D eigenvalue weighted by molar-refractivity contribution is -0.138. The number of carboxylic acids is 1. The van der Waals surface area contributed by atoms with Crippen molar-refractivity contribution in [2.45, 2.75) is 52.0 Å². The van der Waals surface area contributed by atoms with Gasteiger partial charge in [0.15, 0.2) is 5.75 Å². The third-order valence-corrected chi connectivity index (χ3v) is 6.04. The molecule has 0 unspecified atom stereocenters. The molecule has 0 aliphatic heterocycles. The van der Waals surface area contributed by atoms with E-state index in [1.165, 1.54) is 0 Å². The number of phenols is 1. The second-order valence-electron chi connectivity index (χ2n) is 7.40. The lowest BCUT2D eigenvalue weighted by Gasteiger charge is -2.19. The Kier molecular flexibility index (Phi) is 7.97. The molecule has 0 heterocycles. The van der Waals surface area contributed by atoms with Crippen molar-refractivity contribution in [2.75, 3.05) is 0 Å². The van der Waals surface area contributed by atoms with Gasteiger partial charge in [0, 0.05) is 11.1 Å². The number of carbonyl (C=O) groups is 1. The fourth-order valence-corrected chi connectivity index (χ4v) is 4.99. The number of phenolic OH excluding ortho intramolecular Hbond substituents is 1. The van der Waals surface area contributed by atoms with E-state index in [1.807, 2.05) is 52.0 Å². The van der Waals surface area contributed by atoms with Crippen molar-refractivity contribution in [2.24, 2.45) is 5.73 Å². The predicted octanol–water partition coefficient (Wildman–Crippen LogP) is 5.59. The molecule has 0 aliphatic rings. The van der Waals surface area contributed by atoms with Crippen molar-refractivity contribution in [3.63, 3.8) is 0 Å². The van der Waals surface area contributed by atoms with E-state index >= 15 is 0 Å². The van der Waals surface area contributed by atoms with Gasteiger partial charge in [0.25, 0.3) is 0 Å². The van der Waals surface area contributed by atoms with Crippen LogP contribution in [0.2, 0.25) is 0 Å². The summed E-state index contributed by atoms with van der Waals surface area (Å²) in [7, 11) is 0. The maximum absolute atomic E-state index is 11.0. The summed E-state index contributed by atoms with van der Waals surface area (Å²) < 4.78 is 7.96. The van der Waals surface area contributed by atoms with Crippen LogP contribution in [0.3, 0.4) is 0 Å². The van der Waals surface area contributed by atoms with Crippen molar-refractivity contribution in [3.8, 4) is 17.2 Å². The van der Waals surface area contributed by atoms with Gasteiger partial charge < -0.3 is 20.7 Å². The van der Waals surface area contributed by atoms with Gasteiger partial charge in [-0.25, -0.2) is 0 Å². The molecule has 4 N–H and O–H groups in total. The summed E-state index contributed by atoms with van der Waals surface area (Å²) in [4.78, 5) is 11.0. The average molecular weight is 609 g/mol. The summed E-state index contributed by atoms with van der Waals surface area (Å²) in [6.07, 6.45) is 0.260. The van der Waals surface area contributed by atoms with Crippen molar-refractivity contribution in [1.29, 1.82) is 0 Å². The van der Waals surface area contributed by atoms with E-state index in [-0.39, 0.29) is 18.3 Å². The van der Waals surface area contributed by atoms with E-state index in [2.05, 4.69) is 45.2 Å². The minimum absolute atomic E-state index is 0.166. The lowest BCUT2D eigenvalue weighted by Crippen LogP contribution is -2.32. The van der Waals surface area contributed by atoms with Gasteiger partial charge in [-0.05, 0) is 93.3 Å². The number of hydrogen-bond acceptors (Lipinski definition) is 4. The molecule has 0 spiro atoms. The van der Waals surface area contributed by atoms with Gasteiger partial charge in [0.1, 0.15) is 17.5 Å². The smallest absolute Gasteiger partial charge is 0.320 e. The van der Waals surface area contributed by atoms with Gasteiger partial charge in [-0.3, -0.25) is 4.79 Å². The molecule has 0 fully saturated rings. The zero-order chi connectivity index (χ0) is 21.2. The Morgan fingerprint density at radius 1 is 1.04 bits per heavy atom. The van der Waals surface area contributed by atoms with Gasteiger partial charge in [0.05, 0.1) is 7.14 Å². The SMILES string of the molecule is CC(C)c1cc(Oc2c(I)cc(C[C@H](N)C(=O)O)cc2I)cc(C(C)C)c1O. The van der Waals surface area contributed by atoms with Crippen LogP contribution in [0.5, 0.6) is 17.2 Å². The highest BCUT2D eigenvalue weighted by molar-refractivity contribution is 14.1. The van der Waals surface area contributed by atoms with E-state index in [1.54, 1.807) is 0 Å². The summed E-state index contributed by atoms with van der Waals surface area (Å²) in [6.45, 7) is 8.15. The monoisotopic (exact) mass is 609 g/mol. The Morgan fingerprint density at radius 3 is 1.89 bits per heavy atom. The number of ether oxygens (including phenoxy) is 1. The minimum Gasteiger partial charge on any atom is -0.507 e. The first kappa shape index (κ1) is 23.2. The summed E-state index contributed by atoms with van der Waals surface area (Å²) >= 11 is 4.37. The van der Waals surface area contributed by atoms with Crippen LogP contribution < -0.4 is 10.5 Å². The van der Waals surface area contributed by atoms with E-state index in [0.29, 0.717) is 17.2 Å². The minimum atomic E-state index is -1.02. The second kappa shape index (κ2) is 9.62. The fraction of sp³-hybridized carbons (Fsp3) is 0.381. The van der Waals surface area contributed by atoms with Gasteiger partial charge in [-0.1, -0.05) is 27.7 Å². The van der Waals surface area contributed by atoms with Crippen molar-refractivity contribution < 1.29 is 19.7 Å². The number of hydrogen-bond donors (Lipinski definition) is 3. The highest BCUT2D eigenvalue weighted by atomic mass is 127. The van der Waals surface area contributed by atoms with Crippen molar-refractivity contribution >= 4 is 51.2 Å². The van der Waals surface area contributed by atoms with E-state index < -0.39 is 12.0 Å². The van der Waals surface area contributed by atoms with Gasteiger partial charge in [-0.2, -0.15) is 0 Å². The van der Waals surface area contributed by atoms with Crippen molar-refractivity contribution in [3.05, 3.63) is 48.1 Å². The third-order valence-electron chi connectivity index (χ3n) is 4.44. The topological polar surface area (TPSA) is 92.8 Å². The summed E-state index contributed by atoms with van der Waals surface area (Å²) in [5.74, 6) is 1.04.